The summed E-state index contributed by atoms with van der Waals surface area (Å²) in [5.41, 5.74) is 3.68. The predicted molar refractivity (Wildman–Crippen MR) is 129 cm³/mol. The van der Waals surface area contributed by atoms with Crippen molar-refractivity contribution >= 4 is 29.1 Å². The highest BCUT2D eigenvalue weighted by molar-refractivity contribution is 6.30. The second-order valence-electron chi connectivity index (χ2n) is 9.07. The topological polar surface area (TPSA) is 52.7 Å². The van der Waals surface area contributed by atoms with Gasteiger partial charge in [-0.05, 0) is 54.5 Å². The van der Waals surface area contributed by atoms with Gasteiger partial charge in [0.15, 0.2) is 0 Å². The number of hydrogen-bond donors (Lipinski definition) is 1. The monoisotopic (exact) mass is 453 g/mol. The fraction of sp³-hybridized carbons (Fsp3) is 0.462. The third kappa shape index (κ3) is 5.63. The fourth-order valence-corrected chi connectivity index (χ4v) is 5.04. The summed E-state index contributed by atoms with van der Waals surface area (Å²) < 4.78 is 0. The van der Waals surface area contributed by atoms with Crippen molar-refractivity contribution < 1.29 is 9.59 Å². The van der Waals surface area contributed by atoms with Crippen LogP contribution < -0.4 is 10.2 Å². The summed E-state index contributed by atoms with van der Waals surface area (Å²) in [5.74, 6) is 0.198. The zero-order valence-corrected chi connectivity index (χ0v) is 19.5. The minimum Gasteiger partial charge on any atom is -0.368 e. The van der Waals surface area contributed by atoms with E-state index in [1.54, 1.807) is 0 Å². The molecule has 6 heteroatoms. The highest BCUT2D eigenvalue weighted by Crippen LogP contribution is 2.29. The van der Waals surface area contributed by atoms with Crippen molar-refractivity contribution in [2.45, 2.75) is 45.1 Å². The molecule has 1 fully saturated rings. The number of piperazine rings is 1. The second-order valence-corrected chi connectivity index (χ2v) is 9.51. The SMILES string of the molecule is C[C@@H](CC(=O)N[C@H]1CCCc2ccccc21)CC(=O)N1CCN(c2cccc(Cl)c2)CC1. The number of hydrogen-bond acceptors (Lipinski definition) is 3. The van der Waals surface area contributed by atoms with Gasteiger partial charge >= 0.3 is 0 Å². The highest BCUT2D eigenvalue weighted by atomic mass is 35.5. The Kier molecular flexibility index (Phi) is 7.36. The van der Waals surface area contributed by atoms with Crippen LogP contribution in [0, 0.1) is 5.92 Å². The number of anilines is 1. The van der Waals surface area contributed by atoms with E-state index in [0.717, 1.165) is 43.1 Å². The van der Waals surface area contributed by atoms with Crippen molar-refractivity contribution in [3.8, 4) is 0 Å². The van der Waals surface area contributed by atoms with Gasteiger partial charge in [-0.1, -0.05) is 48.9 Å². The molecule has 5 nitrogen and oxygen atoms in total. The molecule has 1 aliphatic carbocycles. The van der Waals surface area contributed by atoms with E-state index in [1.165, 1.54) is 11.1 Å². The molecule has 1 N–H and O–H groups in total. The van der Waals surface area contributed by atoms with Crippen LogP contribution in [-0.2, 0) is 16.0 Å². The summed E-state index contributed by atoms with van der Waals surface area (Å²) >= 11 is 6.10. The standard InChI is InChI=1S/C26H32ClN3O2/c1-19(16-25(31)28-24-11-4-7-20-6-2-3-10-23(20)24)17-26(32)30-14-12-29(13-15-30)22-9-5-8-21(27)18-22/h2-3,5-6,8-10,18-19,24H,4,7,11-17H2,1H3,(H,28,31)/t19-,24-/m0/s1. The van der Waals surface area contributed by atoms with Crippen molar-refractivity contribution in [2.75, 3.05) is 31.1 Å². The first-order chi connectivity index (χ1) is 15.5. The van der Waals surface area contributed by atoms with Gasteiger partial charge in [-0.15, -0.1) is 0 Å². The van der Waals surface area contributed by atoms with E-state index in [-0.39, 0.29) is 23.8 Å². The molecule has 0 bridgehead atoms. The van der Waals surface area contributed by atoms with E-state index in [4.69, 9.17) is 11.6 Å². The minimum atomic E-state index is 0.0206. The molecule has 2 aliphatic rings. The molecule has 1 saturated heterocycles. The van der Waals surface area contributed by atoms with Gasteiger partial charge in [0.1, 0.15) is 0 Å². The number of nitrogens with zero attached hydrogens (tertiary/aromatic N) is 2. The molecular weight excluding hydrogens is 422 g/mol. The van der Waals surface area contributed by atoms with Gasteiger partial charge in [0, 0.05) is 49.7 Å². The van der Waals surface area contributed by atoms with E-state index in [9.17, 15) is 9.59 Å². The number of aryl methyl sites for hydroxylation is 1. The largest absolute Gasteiger partial charge is 0.368 e. The van der Waals surface area contributed by atoms with Crippen LogP contribution in [0.15, 0.2) is 48.5 Å². The molecule has 1 aliphatic heterocycles. The van der Waals surface area contributed by atoms with Gasteiger partial charge in [-0.2, -0.15) is 0 Å². The first-order valence-electron chi connectivity index (χ1n) is 11.6. The summed E-state index contributed by atoms with van der Waals surface area (Å²) in [5, 5.41) is 3.93. The average Bonchev–Trinajstić information content (AvgIpc) is 2.79. The molecule has 0 unspecified atom stereocenters. The zero-order valence-electron chi connectivity index (χ0n) is 18.7. The lowest BCUT2D eigenvalue weighted by Gasteiger charge is -2.36. The van der Waals surface area contributed by atoms with Gasteiger partial charge in [0.05, 0.1) is 6.04 Å². The van der Waals surface area contributed by atoms with Gasteiger partial charge in [-0.3, -0.25) is 9.59 Å². The molecule has 2 aromatic rings. The Balaban J connectivity index is 1.23. The van der Waals surface area contributed by atoms with E-state index in [0.29, 0.717) is 25.9 Å². The third-order valence-electron chi connectivity index (χ3n) is 6.57. The fourth-order valence-electron chi connectivity index (χ4n) is 4.86. The van der Waals surface area contributed by atoms with Gasteiger partial charge in [0.2, 0.25) is 11.8 Å². The van der Waals surface area contributed by atoms with Gasteiger partial charge < -0.3 is 15.1 Å². The van der Waals surface area contributed by atoms with Crippen LogP contribution >= 0.6 is 11.6 Å². The van der Waals surface area contributed by atoms with Crippen LogP contribution in [0.3, 0.4) is 0 Å². The van der Waals surface area contributed by atoms with Gasteiger partial charge in [0.25, 0.3) is 0 Å². The number of carbonyl (C=O) groups excluding carboxylic acids is 2. The van der Waals surface area contributed by atoms with Crippen molar-refractivity contribution in [1.29, 1.82) is 0 Å². The van der Waals surface area contributed by atoms with Crippen molar-refractivity contribution in [2.24, 2.45) is 5.92 Å². The number of nitrogens with one attached hydrogen (secondary N) is 1. The Hall–Kier alpha value is -2.53. The van der Waals surface area contributed by atoms with Gasteiger partial charge in [-0.25, -0.2) is 0 Å². The van der Waals surface area contributed by atoms with Crippen LogP contribution in [0.1, 0.15) is 49.8 Å². The Morgan fingerprint density at radius 2 is 1.84 bits per heavy atom. The number of rotatable bonds is 6. The quantitative estimate of drug-likeness (QED) is 0.695. The van der Waals surface area contributed by atoms with Crippen LogP contribution in [-0.4, -0.2) is 42.9 Å². The Labute approximate surface area is 195 Å². The Morgan fingerprint density at radius 3 is 2.62 bits per heavy atom. The van der Waals surface area contributed by atoms with Crippen LogP contribution in [0.2, 0.25) is 5.02 Å². The number of amides is 2. The molecule has 0 saturated carbocycles. The Bertz CT molecular complexity index is 956. The molecule has 4 rings (SSSR count). The minimum absolute atomic E-state index is 0.0206. The predicted octanol–water partition coefficient (Wildman–Crippen LogP) is 4.60. The lowest BCUT2D eigenvalue weighted by atomic mass is 9.87. The summed E-state index contributed by atoms with van der Waals surface area (Å²) in [6.45, 7) is 4.98. The van der Waals surface area contributed by atoms with Crippen LogP contribution in [0.5, 0.6) is 0 Å². The molecule has 170 valence electrons. The first kappa shape index (κ1) is 22.7. The molecule has 32 heavy (non-hydrogen) atoms. The zero-order chi connectivity index (χ0) is 22.5. The summed E-state index contributed by atoms with van der Waals surface area (Å²) in [4.78, 5) is 29.6. The molecule has 1 heterocycles. The summed E-state index contributed by atoms with van der Waals surface area (Å²) in [6.07, 6.45) is 3.95. The third-order valence-corrected chi connectivity index (χ3v) is 6.80. The van der Waals surface area contributed by atoms with Crippen molar-refractivity contribution in [3.63, 3.8) is 0 Å². The van der Waals surface area contributed by atoms with E-state index >= 15 is 0 Å². The van der Waals surface area contributed by atoms with E-state index < -0.39 is 0 Å². The van der Waals surface area contributed by atoms with E-state index in [1.807, 2.05) is 36.1 Å². The lowest BCUT2D eigenvalue weighted by Crippen LogP contribution is -2.49. The maximum atomic E-state index is 12.8. The summed E-state index contributed by atoms with van der Waals surface area (Å²) in [7, 11) is 0. The summed E-state index contributed by atoms with van der Waals surface area (Å²) in [6, 6.07) is 16.3. The lowest BCUT2D eigenvalue weighted by molar-refractivity contribution is -0.132. The normalized spacial score (nSPS) is 19.2. The van der Waals surface area contributed by atoms with Crippen molar-refractivity contribution in [1.82, 2.24) is 10.2 Å². The number of halogens is 1. The smallest absolute Gasteiger partial charge is 0.222 e. The molecule has 2 amide bonds. The molecule has 2 atom stereocenters. The average molecular weight is 454 g/mol. The second kappa shape index (κ2) is 10.4. The molecule has 2 aromatic carbocycles. The molecule has 0 spiro atoms. The maximum Gasteiger partial charge on any atom is 0.222 e. The van der Waals surface area contributed by atoms with Crippen molar-refractivity contribution in [3.05, 3.63) is 64.7 Å². The first-order valence-corrected chi connectivity index (χ1v) is 12.0. The highest BCUT2D eigenvalue weighted by Gasteiger charge is 2.25. The van der Waals surface area contributed by atoms with Crippen LogP contribution in [0.25, 0.3) is 0 Å². The Morgan fingerprint density at radius 1 is 1.06 bits per heavy atom. The maximum absolute atomic E-state index is 12.8. The molecule has 0 aromatic heterocycles. The van der Waals surface area contributed by atoms with E-state index in [2.05, 4.69) is 34.5 Å². The number of fused-ring (bicyclic) bond motifs is 1. The number of carbonyl (C=O) groups is 2. The molecule has 0 radical (unpaired) electrons. The molecular formula is C26H32ClN3O2. The number of benzene rings is 2. The van der Waals surface area contributed by atoms with Crippen LogP contribution in [0.4, 0.5) is 5.69 Å².